The van der Waals surface area contributed by atoms with Crippen LogP contribution in [0, 0.1) is 13.8 Å². The molecular formula is C24H26BrN3O. The monoisotopic (exact) mass is 451 g/mol. The maximum absolute atomic E-state index is 5.23. The van der Waals surface area contributed by atoms with E-state index in [1.165, 1.54) is 16.8 Å². The Morgan fingerprint density at radius 1 is 1.14 bits per heavy atom. The van der Waals surface area contributed by atoms with E-state index in [9.17, 15) is 0 Å². The number of rotatable bonds is 6. The van der Waals surface area contributed by atoms with Crippen LogP contribution in [0.1, 0.15) is 34.9 Å². The molecule has 0 aliphatic heterocycles. The van der Waals surface area contributed by atoms with Gasteiger partial charge in [-0.2, -0.15) is 5.10 Å². The number of allylic oxidation sites excluding steroid dienone is 1. The third-order valence-corrected chi connectivity index (χ3v) is 6.08. The normalized spacial score (nSPS) is 18.3. The number of nitrogens with one attached hydrogen (secondary N) is 1. The first-order chi connectivity index (χ1) is 14.0. The lowest BCUT2D eigenvalue weighted by Gasteiger charge is -2.15. The zero-order chi connectivity index (χ0) is 20.4. The van der Waals surface area contributed by atoms with Gasteiger partial charge in [0, 0.05) is 34.2 Å². The van der Waals surface area contributed by atoms with Crippen LogP contribution in [0.2, 0.25) is 0 Å². The molecule has 1 heterocycles. The standard InChI is InChI=1S/C24H26BrN3O/c1-16-24(17(2)28(27-16)22-6-4-5-20(25)14-22)19-9-10-21(13-19)26-15-18-7-11-23(29-3)12-8-18/h4-12,14,19,21,26H,13,15H2,1-3H3/t19-,21+/m0/s1. The number of hydrogen-bond acceptors (Lipinski definition) is 3. The van der Waals surface area contributed by atoms with Crippen LogP contribution < -0.4 is 10.1 Å². The van der Waals surface area contributed by atoms with Gasteiger partial charge in [-0.1, -0.05) is 46.3 Å². The Labute approximate surface area is 180 Å². The molecule has 2 aromatic carbocycles. The topological polar surface area (TPSA) is 39.1 Å². The Kier molecular flexibility index (Phi) is 5.88. The quantitative estimate of drug-likeness (QED) is 0.505. The van der Waals surface area contributed by atoms with Crippen molar-refractivity contribution in [1.29, 1.82) is 0 Å². The number of ether oxygens (including phenoxy) is 1. The summed E-state index contributed by atoms with van der Waals surface area (Å²) < 4.78 is 8.35. The predicted molar refractivity (Wildman–Crippen MR) is 121 cm³/mol. The molecule has 2 atom stereocenters. The van der Waals surface area contributed by atoms with Crippen LogP contribution >= 0.6 is 15.9 Å². The Morgan fingerprint density at radius 2 is 1.93 bits per heavy atom. The summed E-state index contributed by atoms with van der Waals surface area (Å²) in [5, 5.41) is 8.49. The van der Waals surface area contributed by atoms with Crippen LogP contribution in [-0.2, 0) is 6.54 Å². The molecule has 0 radical (unpaired) electrons. The molecule has 1 aliphatic carbocycles. The first-order valence-electron chi connectivity index (χ1n) is 9.92. The number of hydrogen-bond donors (Lipinski definition) is 1. The van der Waals surface area contributed by atoms with Crippen molar-refractivity contribution in [2.24, 2.45) is 0 Å². The van der Waals surface area contributed by atoms with Crippen molar-refractivity contribution >= 4 is 15.9 Å². The van der Waals surface area contributed by atoms with E-state index in [1.807, 2.05) is 24.3 Å². The first-order valence-corrected chi connectivity index (χ1v) is 10.7. The Hall–Kier alpha value is -2.37. The lowest BCUT2D eigenvalue weighted by atomic mass is 9.96. The van der Waals surface area contributed by atoms with Gasteiger partial charge in [0.15, 0.2) is 0 Å². The molecule has 29 heavy (non-hydrogen) atoms. The van der Waals surface area contributed by atoms with Gasteiger partial charge in [-0.25, -0.2) is 4.68 Å². The third-order valence-electron chi connectivity index (χ3n) is 5.58. The second-order valence-electron chi connectivity index (χ2n) is 7.54. The van der Waals surface area contributed by atoms with E-state index in [4.69, 9.17) is 9.84 Å². The summed E-state index contributed by atoms with van der Waals surface area (Å²) in [4.78, 5) is 0. The average Bonchev–Trinajstić information content (AvgIpc) is 3.30. The van der Waals surface area contributed by atoms with E-state index in [1.54, 1.807) is 7.11 Å². The summed E-state index contributed by atoms with van der Waals surface area (Å²) in [5.41, 5.74) is 6.01. The van der Waals surface area contributed by atoms with Gasteiger partial charge in [0.05, 0.1) is 18.5 Å². The average molecular weight is 452 g/mol. The number of methoxy groups -OCH3 is 1. The minimum Gasteiger partial charge on any atom is -0.497 e. The fraction of sp³-hybridized carbons (Fsp3) is 0.292. The molecule has 0 spiro atoms. The van der Waals surface area contributed by atoms with Gasteiger partial charge < -0.3 is 10.1 Å². The molecule has 0 fully saturated rings. The van der Waals surface area contributed by atoms with Crippen LogP contribution in [0.4, 0.5) is 0 Å². The second-order valence-corrected chi connectivity index (χ2v) is 8.45. The van der Waals surface area contributed by atoms with Crippen molar-refractivity contribution in [1.82, 2.24) is 15.1 Å². The Morgan fingerprint density at radius 3 is 2.66 bits per heavy atom. The Bertz CT molecular complexity index is 1020. The summed E-state index contributed by atoms with van der Waals surface area (Å²) in [6, 6.07) is 16.9. The third kappa shape index (κ3) is 4.31. The molecular weight excluding hydrogens is 426 g/mol. The highest BCUT2D eigenvalue weighted by atomic mass is 79.9. The zero-order valence-corrected chi connectivity index (χ0v) is 18.6. The fourth-order valence-electron chi connectivity index (χ4n) is 4.11. The van der Waals surface area contributed by atoms with Gasteiger partial charge in [0.2, 0.25) is 0 Å². The van der Waals surface area contributed by atoms with Crippen molar-refractivity contribution in [2.45, 2.75) is 38.8 Å². The van der Waals surface area contributed by atoms with E-state index in [0.717, 1.165) is 34.6 Å². The molecule has 1 N–H and O–H groups in total. The van der Waals surface area contributed by atoms with Gasteiger partial charge >= 0.3 is 0 Å². The minimum absolute atomic E-state index is 0.370. The molecule has 150 valence electrons. The molecule has 5 heteroatoms. The van der Waals surface area contributed by atoms with Crippen LogP contribution in [-0.4, -0.2) is 22.9 Å². The number of benzene rings is 2. The van der Waals surface area contributed by atoms with E-state index in [0.29, 0.717) is 12.0 Å². The molecule has 0 bridgehead atoms. The fourth-order valence-corrected chi connectivity index (χ4v) is 4.49. The van der Waals surface area contributed by atoms with Crippen LogP contribution in [0.5, 0.6) is 5.75 Å². The van der Waals surface area contributed by atoms with Gasteiger partial charge in [-0.15, -0.1) is 0 Å². The number of aromatic nitrogens is 2. The van der Waals surface area contributed by atoms with E-state index in [2.05, 4.69) is 76.2 Å². The van der Waals surface area contributed by atoms with Crippen molar-refractivity contribution in [2.75, 3.05) is 7.11 Å². The lowest BCUT2D eigenvalue weighted by Crippen LogP contribution is -2.25. The second kappa shape index (κ2) is 8.56. The van der Waals surface area contributed by atoms with Crippen molar-refractivity contribution < 1.29 is 4.74 Å². The molecule has 1 aromatic heterocycles. The predicted octanol–water partition coefficient (Wildman–Crippen LogP) is 5.46. The zero-order valence-electron chi connectivity index (χ0n) is 17.0. The molecule has 3 aromatic rings. The summed E-state index contributed by atoms with van der Waals surface area (Å²) in [7, 11) is 1.69. The SMILES string of the molecule is COc1ccc(CN[C@@H]2C=C[C@H](c3c(C)nn(-c4cccc(Br)c4)c3C)C2)cc1. The van der Waals surface area contributed by atoms with E-state index < -0.39 is 0 Å². The van der Waals surface area contributed by atoms with Crippen LogP contribution in [0.3, 0.4) is 0 Å². The molecule has 0 saturated carbocycles. The molecule has 0 unspecified atom stereocenters. The van der Waals surface area contributed by atoms with Crippen molar-refractivity contribution in [3.8, 4) is 11.4 Å². The molecule has 0 saturated heterocycles. The summed E-state index contributed by atoms with van der Waals surface area (Å²) in [6.45, 7) is 5.13. The smallest absolute Gasteiger partial charge is 0.118 e. The largest absolute Gasteiger partial charge is 0.497 e. The maximum atomic E-state index is 5.23. The van der Waals surface area contributed by atoms with E-state index >= 15 is 0 Å². The molecule has 1 aliphatic rings. The van der Waals surface area contributed by atoms with E-state index in [-0.39, 0.29) is 0 Å². The van der Waals surface area contributed by atoms with Crippen molar-refractivity contribution in [3.63, 3.8) is 0 Å². The summed E-state index contributed by atoms with van der Waals surface area (Å²) in [6.07, 6.45) is 5.68. The highest BCUT2D eigenvalue weighted by Crippen LogP contribution is 2.34. The van der Waals surface area contributed by atoms with Gasteiger partial charge in [-0.3, -0.25) is 0 Å². The number of halogens is 1. The maximum Gasteiger partial charge on any atom is 0.118 e. The van der Waals surface area contributed by atoms with Crippen molar-refractivity contribution in [3.05, 3.63) is 87.7 Å². The van der Waals surface area contributed by atoms with Gasteiger partial charge in [0.1, 0.15) is 5.75 Å². The highest BCUT2D eigenvalue weighted by Gasteiger charge is 2.26. The molecule has 4 rings (SSSR count). The van der Waals surface area contributed by atoms with Gasteiger partial charge in [-0.05, 0) is 56.2 Å². The Balaban J connectivity index is 1.44. The lowest BCUT2D eigenvalue weighted by molar-refractivity contribution is 0.414. The first kappa shape index (κ1) is 19.9. The number of aryl methyl sites for hydroxylation is 1. The van der Waals surface area contributed by atoms with Crippen LogP contribution in [0.25, 0.3) is 5.69 Å². The highest BCUT2D eigenvalue weighted by molar-refractivity contribution is 9.10. The summed E-state index contributed by atoms with van der Waals surface area (Å²) in [5.74, 6) is 1.28. The van der Waals surface area contributed by atoms with Gasteiger partial charge in [0.25, 0.3) is 0 Å². The summed E-state index contributed by atoms with van der Waals surface area (Å²) >= 11 is 3.56. The minimum atomic E-state index is 0.370. The number of nitrogens with zero attached hydrogens (tertiary/aromatic N) is 2. The van der Waals surface area contributed by atoms with Crippen LogP contribution in [0.15, 0.2) is 65.2 Å². The molecule has 0 amide bonds. The molecule has 4 nitrogen and oxygen atoms in total.